The van der Waals surface area contributed by atoms with Crippen molar-refractivity contribution < 1.29 is 27.4 Å². The predicted octanol–water partition coefficient (Wildman–Crippen LogP) is 6.58. The molecule has 2 aliphatic heterocycles. The van der Waals surface area contributed by atoms with Crippen molar-refractivity contribution in [3.8, 4) is 0 Å². The monoisotopic (exact) mass is 810 g/mol. The quantitative estimate of drug-likeness (QED) is 0.145. The summed E-state index contributed by atoms with van der Waals surface area (Å²) in [7, 11) is 3.05. The number of nitrogens with one attached hydrogen (secondary N) is 4. The van der Waals surface area contributed by atoms with Crippen molar-refractivity contribution in [2.45, 2.75) is 11.9 Å². The lowest BCUT2D eigenvalue weighted by molar-refractivity contribution is -0.214. The molecule has 0 radical (unpaired) electrons. The van der Waals surface area contributed by atoms with Crippen LogP contribution in [0.25, 0.3) is 0 Å². The zero-order valence-electron chi connectivity index (χ0n) is 27.2. The van der Waals surface area contributed by atoms with Gasteiger partial charge in [-0.25, -0.2) is 9.97 Å². The minimum absolute atomic E-state index is 0.104. The third-order valence-corrected chi connectivity index (χ3v) is 9.60. The molecule has 4 aromatic rings. The number of hydrogen-bond acceptors (Lipinski definition) is 12. The second-order valence-corrected chi connectivity index (χ2v) is 13.1. The molecule has 1 amide bonds. The molecule has 19 heteroatoms. The van der Waals surface area contributed by atoms with E-state index in [2.05, 4.69) is 62.0 Å². The molecule has 13 nitrogen and oxygen atoms in total. The van der Waals surface area contributed by atoms with Crippen LogP contribution in [0.1, 0.15) is 21.5 Å². The van der Waals surface area contributed by atoms with Gasteiger partial charge in [-0.05, 0) is 46.3 Å². The van der Waals surface area contributed by atoms with Crippen molar-refractivity contribution in [3.63, 3.8) is 0 Å². The molecule has 2 aromatic carbocycles. The van der Waals surface area contributed by atoms with E-state index in [9.17, 15) is 18.0 Å². The summed E-state index contributed by atoms with van der Waals surface area (Å²) in [6.45, 7) is 2.97. The van der Waals surface area contributed by atoms with Crippen LogP contribution in [0.2, 0.25) is 10.0 Å². The lowest BCUT2D eigenvalue weighted by Crippen LogP contribution is -2.62. The number of benzene rings is 2. The van der Waals surface area contributed by atoms with Gasteiger partial charge in [0.15, 0.2) is 5.72 Å². The number of halogens is 6. The fraction of sp³-hybridized carbons (Fsp3) is 0.344. The second-order valence-electron chi connectivity index (χ2n) is 11.4. The summed E-state index contributed by atoms with van der Waals surface area (Å²) >= 11 is 16.4. The van der Waals surface area contributed by atoms with Crippen molar-refractivity contribution in [2.24, 2.45) is 0 Å². The van der Waals surface area contributed by atoms with Crippen molar-refractivity contribution in [1.29, 1.82) is 0 Å². The highest BCUT2D eigenvalue weighted by Gasteiger charge is 2.46. The van der Waals surface area contributed by atoms with Crippen LogP contribution >= 0.6 is 39.1 Å². The molecule has 2 aromatic heterocycles. The molecular weight excluding hydrogens is 780 g/mol. The fourth-order valence-electron chi connectivity index (χ4n) is 5.83. The number of aromatic nitrogens is 4. The van der Waals surface area contributed by atoms with Gasteiger partial charge in [0.25, 0.3) is 5.91 Å². The number of carbonyl (C=O) groups is 1. The van der Waals surface area contributed by atoms with Crippen LogP contribution in [0.3, 0.4) is 0 Å². The number of ether oxygens (including phenoxy) is 2. The fourth-order valence-corrected chi connectivity index (χ4v) is 6.72. The van der Waals surface area contributed by atoms with E-state index < -0.39 is 23.3 Å². The van der Waals surface area contributed by atoms with Gasteiger partial charge in [-0.15, -0.1) is 0 Å². The molecule has 4 N–H and O–H groups in total. The summed E-state index contributed by atoms with van der Waals surface area (Å²) in [5.74, 6) is 0.0608. The number of carbonyl (C=O) groups excluding carboxylic acids is 1. The highest BCUT2D eigenvalue weighted by atomic mass is 79.9. The molecule has 0 saturated carbocycles. The molecule has 6 rings (SSSR count). The van der Waals surface area contributed by atoms with Crippen molar-refractivity contribution in [2.75, 3.05) is 81.4 Å². The largest absolute Gasteiger partial charge is 0.421 e. The van der Waals surface area contributed by atoms with E-state index >= 15 is 0 Å². The molecule has 2 saturated heterocycles. The molecule has 0 bridgehead atoms. The standard InChI is InChI=1S/C32H32BrCl2F3N10O3/c1-39-26-20(32(36,37)38)15-41-29(45-26)44-25-5-3-18(13-22(25)34)28(49)47-7-12-51-31(17-47,48-8-10-50-11-9-48)19-4-6-24(21(33)14-19)43-30-42-16-23(35)27(40-2)46-30/h3-6,13-16H,7-12,17H2,1-2H3,(H2,39,41,44,45)(H2,40,42,43,46). The highest BCUT2D eigenvalue weighted by molar-refractivity contribution is 9.10. The number of anilines is 6. The molecule has 51 heavy (non-hydrogen) atoms. The zero-order valence-corrected chi connectivity index (χ0v) is 30.3. The third kappa shape index (κ3) is 7.93. The van der Waals surface area contributed by atoms with Crippen molar-refractivity contribution in [1.82, 2.24) is 29.7 Å². The molecule has 2 aliphatic rings. The number of nitrogens with zero attached hydrogens (tertiary/aromatic N) is 6. The molecule has 1 atom stereocenters. The first-order valence-electron chi connectivity index (χ1n) is 15.6. The van der Waals surface area contributed by atoms with E-state index in [1.54, 1.807) is 24.1 Å². The van der Waals surface area contributed by atoms with E-state index in [4.69, 9.17) is 32.7 Å². The molecule has 270 valence electrons. The minimum Gasteiger partial charge on any atom is -0.379 e. The van der Waals surface area contributed by atoms with E-state index in [0.29, 0.717) is 72.8 Å². The summed E-state index contributed by atoms with van der Waals surface area (Å²) in [6, 6.07) is 10.4. The Morgan fingerprint density at radius 1 is 0.882 bits per heavy atom. The van der Waals surface area contributed by atoms with Crippen LogP contribution in [-0.4, -0.2) is 95.7 Å². The van der Waals surface area contributed by atoms with Gasteiger partial charge >= 0.3 is 6.18 Å². The Morgan fingerprint density at radius 3 is 2.22 bits per heavy atom. The SMILES string of the molecule is CNc1nc(Nc2ccc(C3(N4CCOCC4)CN(C(=O)c4ccc(Nc5ncc(C(F)(F)F)c(NC)n5)c(Cl)c4)CCO3)cc2Br)ncc1Cl. The molecule has 2 fully saturated rings. The number of hydrogen-bond donors (Lipinski definition) is 4. The topological polar surface area (TPSA) is 142 Å². The van der Waals surface area contributed by atoms with Crippen LogP contribution in [0.5, 0.6) is 0 Å². The average molecular weight is 812 g/mol. The molecule has 0 aliphatic carbocycles. The predicted molar refractivity (Wildman–Crippen MR) is 191 cm³/mol. The third-order valence-electron chi connectivity index (χ3n) is 8.36. The zero-order chi connectivity index (χ0) is 36.3. The van der Waals surface area contributed by atoms with Gasteiger partial charge in [0.2, 0.25) is 11.9 Å². The Morgan fingerprint density at radius 2 is 1.55 bits per heavy atom. The van der Waals surface area contributed by atoms with Gasteiger partial charge in [-0.1, -0.05) is 29.3 Å². The highest BCUT2D eigenvalue weighted by Crippen LogP contribution is 2.39. The van der Waals surface area contributed by atoms with Gasteiger partial charge in [0.1, 0.15) is 22.2 Å². The maximum Gasteiger partial charge on any atom is 0.421 e. The van der Waals surface area contributed by atoms with E-state index in [1.807, 2.05) is 18.2 Å². The van der Waals surface area contributed by atoms with Crippen LogP contribution < -0.4 is 21.3 Å². The lowest BCUT2D eigenvalue weighted by Gasteiger charge is -2.50. The Labute approximate surface area is 309 Å². The van der Waals surface area contributed by atoms with Gasteiger partial charge in [-0.2, -0.15) is 23.1 Å². The first-order chi connectivity index (χ1) is 24.4. The lowest BCUT2D eigenvalue weighted by atomic mass is 9.96. The summed E-state index contributed by atoms with van der Waals surface area (Å²) in [6.07, 6.45) is -2.44. The van der Waals surface area contributed by atoms with Gasteiger partial charge in [0, 0.05) is 55.5 Å². The number of alkyl halides is 3. The molecule has 4 heterocycles. The minimum atomic E-state index is -4.63. The Bertz CT molecular complexity index is 1920. The summed E-state index contributed by atoms with van der Waals surface area (Å²) in [5, 5.41) is 11.9. The van der Waals surface area contributed by atoms with E-state index in [1.165, 1.54) is 19.3 Å². The Hall–Kier alpha value is -4.00. The van der Waals surface area contributed by atoms with Crippen molar-refractivity contribution >= 4 is 79.9 Å². The summed E-state index contributed by atoms with van der Waals surface area (Å²) in [4.78, 5) is 34.3. The normalized spacial score (nSPS) is 18.3. The van der Waals surface area contributed by atoms with Crippen molar-refractivity contribution in [3.05, 3.63) is 80.0 Å². The summed E-state index contributed by atoms with van der Waals surface area (Å²) in [5.41, 5.74) is 0.155. The first-order valence-corrected chi connectivity index (χ1v) is 17.2. The van der Waals surface area contributed by atoms with Crippen LogP contribution in [0.15, 0.2) is 53.3 Å². The molecule has 1 unspecified atom stereocenters. The smallest absolute Gasteiger partial charge is 0.379 e. The maximum absolute atomic E-state index is 14.0. The van der Waals surface area contributed by atoms with Gasteiger partial charge in [-0.3, -0.25) is 9.69 Å². The molecule has 0 spiro atoms. The van der Waals surface area contributed by atoms with Gasteiger partial charge < -0.3 is 35.6 Å². The Balaban J connectivity index is 1.24. The maximum atomic E-state index is 14.0. The van der Waals surface area contributed by atoms with Crippen LogP contribution in [0, 0.1) is 0 Å². The average Bonchev–Trinajstić information content (AvgIpc) is 3.13. The number of amides is 1. The second kappa shape index (κ2) is 15.3. The first kappa shape index (κ1) is 36.8. The van der Waals surface area contributed by atoms with E-state index in [0.717, 1.165) is 10.0 Å². The van der Waals surface area contributed by atoms with Gasteiger partial charge in [0.05, 0.1) is 49.0 Å². The summed E-state index contributed by atoms with van der Waals surface area (Å²) < 4.78 is 52.8. The van der Waals surface area contributed by atoms with E-state index in [-0.39, 0.29) is 30.0 Å². The van der Waals surface area contributed by atoms with Crippen LogP contribution in [-0.2, 0) is 21.4 Å². The Kier molecular flexibility index (Phi) is 11.0. The molecular formula is C32H32BrCl2F3N10O3. The van der Waals surface area contributed by atoms with Crippen LogP contribution in [0.4, 0.5) is 48.1 Å². The number of morpholine rings is 2. The number of rotatable bonds is 9.